The highest BCUT2D eigenvalue weighted by Crippen LogP contribution is 2.23. The van der Waals surface area contributed by atoms with E-state index in [2.05, 4.69) is 17.0 Å². The molecule has 3 heterocycles. The fraction of sp³-hybridized carbons (Fsp3) is 0.750. The molecule has 0 spiro atoms. The largest absolute Gasteiger partial charge is 0.375 e. The van der Waals surface area contributed by atoms with Crippen LogP contribution in [0.4, 0.5) is 0 Å². The Bertz CT molecular complexity index is 569. The van der Waals surface area contributed by atoms with E-state index >= 15 is 0 Å². The van der Waals surface area contributed by atoms with Crippen molar-refractivity contribution in [2.45, 2.75) is 38.8 Å². The Morgan fingerprint density at radius 3 is 2.77 bits per heavy atom. The molecule has 2 fully saturated rings. The number of rotatable bonds is 2. The molecule has 2 unspecified atom stereocenters. The highest BCUT2D eigenvalue weighted by atomic mass is 16.5. The molecule has 22 heavy (non-hydrogen) atoms. The number of hydrogen-bond donors (Lipinski definition) is 0. The number of morpholine rings is 1. The fourth-order valence-electron chi connectivity index (χ4n) is 3.60. The number of ether oxygens (including phenoxy) is 1. The predicted molar refractivity (Wildman–Crippen MR) is 83.7 cm³/mol. The topological polar surface area (TPSA) is 50.6 Å². The summed E-state index contributed by atoms with van der Waals surface area (Å²) in [5.41, 5.74) is 3.11. The minimum atomic E-state index is 0.205. The van der Waals surface area contributed by atoms with Crippen LogP contribution in [0.15, 0.2) is 0 Å². The number of aromatic nitrogens is 2. The first kappa shape index (κ1) is 15.5. The lowest BCUT2D eigenvalue weighted by molar-refractivity contribution is -0.140. The molecule has 0 radical (unpaired) electrons. The highest BCUT2D eigenvalue weighted by Gasteiger charge is 2.36. The van der Waals surface area contributed by atoms with Gasteiger partial charge in [-0.25, -0.2) is 0 Å². The number of nitrogens with zero attached hydrogens (tertiary/aromatic N) is 4. The molecule has 2 atom stereocenters. The number of carbonyl (C=O) groups is 1. The first-order chi connectivity index (χ1) is 10.5. The molecular formula is C16H26N4O2. The SMILES string of the molecule is Cc1nn(C)c(C)c1CC(=O)N1CCC2OCCN(C)C2C1. The number of piperidine rings is 1. The summed E-state index contributed by atoms with van der Waals surface area (Å²) in [5.74, 6) is 0.205. The van der Waals surface area contributed by atoms with Crippen molar-refractivity contribution in [1.82, 2.24) is 19.6 Å². The Kier molecular flexibility index (Phi) is 4.23. The van der Waals surface area contributed by atoms with Crippen LogP contribution >= 0.6 is 0 Å². The molecule has 6 nitrogen and oxygen atoms in total. The lowest BCUT2D eigenvalue weighted by Gasteiger charge is -2.45. The second-order valence-electron chi connectivity index (χ2n) is 6.54. The molecule has 0 bridgehead atoms. The summed E-state index contributed by atoms with van der Waals surface area (Å²) >= 11 is 0. The molecule has 2 aliphatic heterocycles. The maximum Gasteiger partial charge on any atom is 0.227 e. The van der Waals surface area contributed by atoms with Gasteiger partial charge in [-0.1, -0.05) is 0 Å². The molecular weight excluding hydrogens is 280 g/mol. The quantitative estimate of drug-likeness (QED) is 0.799. The lowest BCUT2D eigenvalue weighted by Crippen LogP contribution is -2.59. The highest BCUT2D eigenvalue weighted by molar-refractivity contribution is 5.79. The number of carbonyl (C=O) groups excluding carboxylic acids is 1. The van der Waals surface area contributed by atoms with Gasteiger partial charge >= 0.3 is 0 Å². The molecule has 0 aliphatic carbocycles. The Balaban J connectivity index is 1.68. The third-order valence-corrected chi connectivity index (χ3v) is 5.20. The normalized spacial score (nSPS) is 26.1. The van der Waals surface area contributed by atoms with E-state index in [-0.39, 0.29) is 12.0 Å². The molecule has 122 valence electrons. The number of likely N-dealkylation sites (N-methyl/N-ethyl adjacent to an activating group) is 1. The third-order valence-electron chi connectivity index (χ3n) is 5.20. The number of hydrogen-bond acceptors (Lipinski definition) is 4. The maximum absolute atomic E-state index is 12.7. The van der Waals surface area contributed by atoms with E-state index in [9.17, 15) is 4.79 Å². The van der Waals surface area contributed by atoms with Gasteiger partial charge in [0.15, 0.2) is 0 Å². The smallest absolute Gasteiger partial charge is 0.227 e. The summed E-state index contributed by atoms with van der Waals surface area (Å²) in [6, 6.07) is 0.336. The van der Waals surface area contributed by atoms with Crippen LogP contribution in [0.25, 0.3) is 0 Å². The van der Waals surface area contributed by atoms with Crippen molar-refractivity contribution in [1.29, 1.82) is 0 Å². The van der Waals surface area contributed by atoms with E-state index < -0.39 is 0 Å². The van der Waals surface area contributed by atoms with Crippen molar-refractivity contribution in [2.75, 3.05) is 33.3 Å². The van der Waals surface area contributed by atoms with Crippen LogP contribution in [0.5, 0.6) is 0 Å². The molecule has 1 amide bonds. The van der Waals surface area contributed by atoms with Gasteiger partial charge < -0.3 is 9.64 Å². The summed E-state index contributed by atoms with van der Waals surface area (Å²) in [5, 5.41) is 4.40. The zero-order valence-corrected chi connectivity index (χ0v) is 14.0. The van der Waals surface area contributed by atoms with E-state index in [1.807, 2.05) is 30.5 Å². The van der Waals surface area contributed by atoms with Gasteiger partial charge in [0.25, 0.3) is 0 Å². The van der Waals surface area contributed by atoms with E-state index in [0.717, 1.165) is 49.6 Å². The van der Waals surface area contributed by atoms with Crippen LogP contribution in [0.1, 0.15) is 23.4 Å². The number of likely N-dealkylation sites (tertiary alicyclic amines) is 1. The first-order valence-electron chi connectivity index (χ1n) is 8.06. The van der Waals surface area contributed by atoms with Crippen molar-refractivity contribution >= 4 is 5.91 Å². The van der Waals surface area contributed by atoms with E-state index in [4.69, 9.17) is 4.74 Å². The monoisotopic (exact) mass is 306 g/mol. The lowest BCUT2D eigenvalue weighted by atomic mass is 9.98. The molecule has 1 aromatic heterocycles. The van der Waals surface area contributed by atoms with Gasteiger partial charge in [-0.3, -0.25) is 14.4 Å². The van der Waals surface area contributed by atoms with Gasteiger partial charge in [0.05, 0.1) is 30.9 Å². The van der Waals surface area contributed by atoms with Crippen molar-refractivity contribution < 1.29 is 9.53 Å². The zero-order chi connectivity index (χ0) is 15.9. The Morgan fingerprint density at radius 1 is 1.32 bits per heavy atom. The second-order valence-corrected chi connectivity index (χ2v) is 6.54. The van der Waals surface area contributed by atoms with Gasteiger partial charge in [0.1, 0.15) is 0 Å². The average Bonchev–Trinajstić information content (AvgIpc) is 2.74. The first-order valence-corrected chi connectivity index (χ1v) is 8.06. The van der Waals surface area contributed by atoms with Crippen LogP contribution in [0, 0.1) is 13.8 Å². The number of amides is 1. The van der Waals surface area contributed by atoms with Gasteiger partial charge in [-0.15, -0.1) is 0 Å². The van der Waals surface area contributed by atoms with Crippen molar-refractivity contribution in [3.8, 4) is 0 Å². The van der Waals surface area contributed by atoms with Gasteiger partial charge in [-0.05, 0) is 27.3 Å². The van der Waals surface area contributed by atoms with Crippen molar-refractivity contribution in [3.63, 3.8) is 0 Å². The Labute approximate surface area is 132 Å². The van der Waals surface area contributed by atoms with Crippen LogP contribution in [-0.4, -0.2) is 70.9 Å². The summed E-state index contributed by atoms with van der Waals surface area (Å²) in [4.78, 5) is 17.0. The molecule has 6 heteroatoms. The Morgan fingerprint density at radius 2 is 2.09 bits per heavy atom. The van der Waals surface area contributed by atoms with Crippen LogP contribution in [0.3, 0.4) is 0 Å². The van der Waals surface area contributed by atoms with Gasteiger partial charge in [0, 0.05) is 37.9 Å². The standard InChI is InChI=1S/C16H26N4O2/c1-11-13(12(2)19(4)17-11)9-16(21)20-6-5-15-14(10-20)18(3)7-8-22-15/h14-15H,5-10H2,1-4H3. The molecule has 2 saturated heterocycles. The van der Waals surface area contributed by atoms with Crippen LogP contribution in [-0.2, 0) is 23.0 Å². The Hall–Kier alpha value is -1.40. The molecule has 3 rings (SSSR count). The second kappa shape index (κ2) is 6.01. The molecule has 1 aromatic rings. The minimum Gasteiger partial charge on any atom is -0.375 e. The number of aryl methyl sites for hydroxylation is 2. The number of fused-ring (bicyclic) bond motifs is 1. The van der Waals surface area contributed by atoms with Gasteiger partial charge in [-0.2, -0.15) is 5.10 Å². The summed E-state index contributed by atoms with van der Waals surface area (Å²) < 4.78 is 7.70. The average molecular weight is 306 g/mol. The summed E-state index contributed by atoms with van der Waals surface area (Å²) in [7, 11) is 4.06. The zero-order valence-electron chi connectivity index (χ0n) is 14.0. The van der Waals surface area contributed by atoms with Crippen LogP contribution < -0.4 is 0 Å². The summed E-state index contributed by atoms with van der Waals surface area (Å²) in [6.45, 7) is 7.33. The van der Waals surface area contributed by atoms with Crippen molar-refractivity contribution in [3.05, 3.63) is 17.0 Å². The van der Waals surface area contributed by atoms with Crippen molar-refractivity contribution in [2.24, 2.45) is 7.05 Å². The van der Waals surface area contributed by atoms with E-state index in [0.29, 0.717) is 12.5 Å². The van der Waals surface area contributed by atoms with E-state index in [1.165, 1.54) is 0 Å². The molecule has 2 aliphatic rings. The summed E-state index contributed by atoms with van der Waals surface area (Å²) in [6.07, 6.45) is 1.67. The predicted octanol–water partition coefficient (Wildman–Crippen LogP) is 0.511. The van der Waals surface area contributed by atoms with E-state index in [1.54, 1.807) is 0 Å². The van der Waals surface area contributed by atoms with Gasteiger partial charge in [0.2, 0.25) is 5.91 Å². The molecule has 0 saturated carbocycles. The third kappa shape index (κ3) is 2.77. The minimum absolute atomic E-state index is 0.205. The molecule has 0 N–H and O–H groups in total. The molecule has 0 aromatic carbocycles. The fourth-order valence-corrected chi connectivity index (χ4v) is 3.60. The van der Waals surface area contributed by atoms with Crippen LogP contribution in [0.2, 0.25) is 0 Å². The maximum atomic E-state index is 12.7.